The average molecular weight is 304 g/mol. The van der Waals surface area contributed by atoms with E-state index in [1.165, 1.54) is 23.1 Å². The van der Waals surface area contributed by atoms with Gasteiger partial charge in [0.05, 0.1) is 7.11 Å². The van der Waals surface area contributed by atoms with Crippen molar-refractivity contribution in [3.05, 3.63) is 30.5 Å². The second-order valence-corrected chi connectivity index (χ2v) is 5.91. The highest BCUT2D eigenvalue weighted by Crippen LogP contribution is 2.39. The van der Waals surface area contributed by atoms with Crippen molar-refractivity contribution in [2.45, 2.75) is 5.16 Å². The minimum absolute atomic E-state index is 0.232. The molecular weight excluding hydrogens is 292 g/mol. The third kappa shape index (κ3) is 2.32. The molecule has 3 aromatic rings. The Kier molecular flexibility index (Phi) is 3.50. The first-order valence-corrected chi connectivity index (χ1v) is 7.93. The van der Waals surface area contributed by atoms with Crippen molar-refractivity contribution >= 4 is 33.3 Å². The summed E-state index contributed by atoms with van der Waals surface area (Å²) in [6.45, 7) is 0. The second kappa shape index (κ2) is 5.30. The molecule has 0 amide bonds. The van der Waals surface area contributed by atoms with Crippen LogP contribution in [0.5, 0.6) is 11.5 Å². The summed E-state index contributed by atoms with van der Waals surface area (Å²) in [6.07, 6.45) is 3.76. The Morgan fingerprint density at radius 1 is 1.30 bits per heavy atom. The van der Waals surface area contributed by atoms with Crippen molar-refractivity contribution < 1.29 is 9.84 Å². The van der Waals surface area contributed by atoms with Crippen LogP contribution in [-0.4, -0.2) is 28.4 Å². The number of thioether (sulfide) groups is 1. The molecule has 0 radical (unpaired) electrons. The first-order valence-electron chi connectivity index (χ1n) is 5.89. The molecule has 3 rings (SSSR count). The summed E-state index contributed by atoms with van der Waals surface area (Å²) in [5.41, 5.74) is 0.748. The monoisotopic (exact) mass is 304 g/mol. The van der Waals surface area contributed by atoms with Crippen LogP contribution in [0.2, 0.25) is 0 Å². The number of nitrogens with zero attached hydrogens (tertiary/aromatic N) is 2. The molecule has 102 valence electrons. The molecule has 0 aliphatic heterocycles. The Morgan fingerprint density at radius 2 is 2.15 bits per heavy atom. The van der Waals surface area contributed by atoms with Crippen LogP contribution in [0.4, 0.5) is 0 Å². The minimum atomic E-state index is 0.232. The molecular formula is C14H12N2O2S2. The third-order valence-corrected chi connectivity index (χ3v) is 4.54. The third-order valence-electron chi connectivity index (χ3n) is 2.90. The van der Waals surface area contributed by atoms with Crippen LogP contribution in [0, 0.1) is 0 Å². The Morgan fingerprint density at radius 3 is 2.90 bits per heavy atom. The number of rotatable bonds is 3. The predicted molar refractivity (Wildman–Crippen MR) is 82.8 cm³/mol. The first-order chi connectivity index (χ1) is 9.71. The Labute approximate surface area is 124 Å². The van der Waals surface area contributed by atoms with Gasteiger partial charge in [0.2, 0.25) is 0 Å². The summed E-state index contributed by atoms with van der Waals surface area (Å²) in [6, 6.07) is 7.18. The smallest absolute Gasteiger partial charge is 0.188 e. The van der Waals surface area contributed by atoms with E-state index in [0.29, 0.717) is 5.75 Å². The standard InChI is InChI=1S/C14H12N2O2S2/c1-18-9-3-4-11(17)10(6-9)12-5-8-7-15-14(19-2)16-13(8)20-12/h3-7,17H,1-2H3. The van der Waals surface area contributed by atoms with E-state index >= 15 is 0 Å². The summed E-state index contributed by atoms with van der Waals surface area (Å²) >= 11 is 3.05. The van der Waals surface area contributed by atoms with E-state index in [9.17, 15) is 5.11 Å². The van der Waals surface area contributed by atoms with E-state index in [1.807, 2.05) is 24.6 Å². The number of phenolic OH excluding ortho intramolecular Hbond substituents is 1. The summed E-state index contributed by atoms with van der Waals surface area (Å²) in [5.74, 6) is 0.946. The predicted octanol–water partition coefficient (Wildman–Crippen LogP) is 3.79. The van der Waals surface area contributed by atoms with Gasteiger partial charge in [0.15, 0.2) is 5.16 Å². The quantitative estimate of drug-likeness (QED) is 0.589. The largest absolute Gasteiger partial charge is 0.507 e. The number of aromatic hydroxyl groups is 1. The maximum atomic E-state index is 10.0. The highest BCUT2D eigenvalue weighted by atomic mass is 32.2. The van der Waals surface area contributed by atoms with Crippen LogP contribution in [0.1, 0.15) is 0 Å². The molecule has 0 spiro atoms. The molecule has 0 aliphatic carbocycles. The number of ether oxygens (including phenoxy) is 1. The van der Waals surface area contributed by atoms with Crippen molar-refractivity contribution in [2.75, 3.05) is 13.4 Å². The highest BCUT2D eigenvalue weighted by molar-refractivity contribution is 7.98. The molecule has 0 aliphatic rings. The Balaban J connectivity index is 2.14. The number of fused-ring (bicyclic) bond motifs is 1. The van der Waals surface area contributed by atoms with Gasteiger partial charge in [-0.1, -0.05) is 11.8 Å². The normalized spacial score (nSPS) is 10.9. The van der Waals surface area contributed by atoms with Gasteiger partial charge >= 0.3 is 0 Å². The zero-order valence-electron chi connectivity index (χ0n) is 11.0. The maximum Gasteiger partial charge on any atom is 0.188 e. The summed E-state index contributed by atoms with van der Waals surface area (Å²) in [5, 5.41) is 11.7. The van der Waals surface area contributed by atoms with Gasteiger partial charge in [-0.25, -0.2) is 9.97 Å². The topological polar surface area (TPSA) is 55.2 Å². The molecule has 6 heteroatoms. The van der Waals surface area contributed by atoms with Crippen LogP contribution in [-0.2, 0) is 0 Å². The van der Waals surface area contributed by atoms with Gasteiger partial charge in [-0.3, -0.25) is 0 Å². The molecule has 1 N–H and O–H groups in total. The molecule has 0 saturated heterocycles. The fraction of sp³-hybridized carbons (Fsp3) is 0.143. The van der Waals surface area contributed by atoms with Crippen LogP contribution < -0.4 is 4.74 Å². The van der Waals surface area contributed by atoms with Gasteiger partial charge in [0, 0.05) is 22.0 Å². The van der Waals surface area contributed by atoms with Crippen LogP contribution in [0.15, 0.2) is 35.6 Å². The molecule has 0 fully saturated rings. The lowest BCUT2D eigenvalue weighted by molar-refractivity contribution is 0.412. The SMILES string of the molecule is COc1ccc(O)c(-c2cc3cnc(SC)nc3s2)c1. The summed E-state index contributed by atoms with van der Waals surface area (Å²) in [4.78, 5) is 10.6. The molecule has 4 nitrogen and oxygen atoms in total. The van der Waals surface area contributed by atoms with Gasteiger partial charge in [-0.15, -0.1) is 11.3 Å². The molecule has 0 atom stereocenters. The van der Waals surface area contributed by atoms with Crippen LogP contribution in [0.3, 0.4) is 0 Å². The average Bonchev–Trinajstić information content (AvgIpc) is 2.90. The Hall–Kier alpha value is -1.79. The minimum Gasteiger partial charge on any atom is -0.507 e. The van der Waals surface area contributed by atoms with Gasteiger partial charge < -0.3 is 9.84 Å². The molecule has 0 saturated carbocycles. The molecule has 1 aromatic carbocycles. The number of thiophene rings is 1. The zero-order chi connectivity index (χ0) is 14.1. The van der Waals surface area contributed by atoms with Crippen molar-refractivity contribution in [2.24, 2.45) is 0 Å². The number of benzene rings is 1. The number of methoxy groups -OCH3 is 1. The van der Waals surface area contributed by atoms with E-state index in [2.05, 4.69) is 9.97 Å². The van der Waals surface area contributed by atoms with Gasteiger partial charge in [-0.2, -0.15) is 0 Å². The number of hydrogen-bond donors (Lipinski definition) is 1. The summed E-state index contributed by atoms with van der Waals surface area (Å²) in [7, 11) is 1.61. The molecule has 0 bridgehead atoms. The lowest BCUT2D eigenvalue weighted by Crippen LogP contribution is -1.83. The van der Waals surface area contributed by atoms with Crippen molar-refractivity contribution in [1.29, 1.82) is 0 Å². The summed E-state index contributed by atoms with van der Waals surface area (Å²) < 4.78 is 5.20. The van der Waals surface area contributed by atoms with E-state index in [4.69, 9.17) is 4.74 Å². The van der Waals surface area contributed by atoms with Crippen molar-refractivity contribution in [3.63, 3.8) is 0 Å². The van der Waals surface area contributed by atoms with Gasteiger partial charge in [-0.05, 0) is 30.5 Å². The fourth-order valence-corrected chi connectivity index (χ4v) is 3.31. The molecule has 20 heavy (non-hydrogen) atoms. The van der Waals surface area contributed by atoms with Gasteiger partial charge in [0.1, 0.15) is 16.3 Å². The zero-order valence-corrected chi connectivity index (χ0v) is 12.6. The molecule has 2 heterocycles. The first kappa shape index (κ1) is 13.2. The number of phenols is 1. The van der Waals surface area contributed by atoms with Crippen molar-refractivity contribution in [1.82, 2.24) is 9.97 Å². The van der Waals surface area contributed by atoms with Crippen LogP contribution >= 0.6 is 23.1 Å². The maximum absolute atomic E-state index is 10.0. The van der Waals surface area contributed by atoms with Gasteiger partial charge in [0.25, 0.3) is 0 Å². The highest BCUT2D eigenvalue weighted by Gasteiger charge is 2.11. The van der Waals surface area contributed by atoms with E-state index in [1.54, 1.807) is 19.2 Å². The lowest BCUT2D eigenvalue weighted by Gasteiger charge is -2.04. The lowest BCUT2D eigenvalue weighted by atomic mass is 10.1. The second-order valence-electron chi connectivity index (χ2n) is 4.11. The molecule has 0 unspecified atom stereocenters. The molecule has 2 aromatic heterocycles. The van der Waals surface area contributed by atoms with E-state index in [-0.39, 0.29) is 5.75 Å². The van der Waals surface area contributed by atoms with E-state index < -0.39 is 0 Å². The van der Waals surface area contributed by atoms with Crippen molar-refractivity contribution in [3.8, 4) is 21.9 Å². The van der Waals surface area contributed by atoms with E-state index in [0.717, 1.165) is 25.8 Å². The number of hydrogen-bond acceptors (Lipinski definition) is 6. The van der Waals surface area contributed by atoms with Crippen LogP contribution in [0.25, 0.3) is 20.7 Å². The fourth-order valence-electron chi connectivity index (χ4n) is 1.89. The Bertz CT molecular complexity index is 771. The number of aromatic nitrogens is 2.